The second kappa shape index (κ2) is 5.45. The SMILES string of the molecule is Cc1cccc(CC(=O)N2CC[C@H](n3ccnn3)C2)c1. The van der Waals surface area contributed by atoms with Crippen LogP contribution in [0.25, 0.3) is 0 Å². The number of carbonyl (C=O) groups is 1. The number of amides is 1. The van der Waals surface area contributed by atoms with Crippen LogP contribution in [0, 0.1) is 6.92 Å². The van der Waals surface area contributed by atoms with Crippen molar-refractivity contribution in [2.75, 3.05) is 13.1 Å². The molecular weight excluding hydrogens is 252 g/mol. The highest BCUT2D eigenvalue weighted by Gasteiger charge is 2.27. The van der Waals surface area contributed by atoms with Crippen molar-refractivity contribution >= 4 is 5.91 Å². The van der Waals surface area contributed by atoms with E-state index in [0.717, 1.165) is 25.1 Å². The number of aromatic nitrogens is 3. The summed E-state index contributed by atoms with van der Waals surface area (Å²) in [6.07, 6.45) is 4.96. The van der Waals surface area contributed by atoms with Crippen molar-refractivity contribution in [3.63, 3.8) is 0 Å². The Balaban J connectivity index is 1.61. The Morgan fingerprint density at radius 3 is 3.10 bits per heavy atom. The van der Waals surface area contributed by atoms with Gasteiger partial charge in [0.15, 0.2) is 0 Å². The first-order valence-corrected chi connectivity index (χ1v) is 6.91. The van der Waals surface area contributed by atoms with Crippen molar-refractivity contribution < 1.29 is 4.79 Å². The maximum Gasteiger partial charge on any atom is 0.227 e. The van der Waals surface area contributed by atoms with Crippen LogP contribution in [0.3, 0.4) is 0 Å². The molecule has 1 aromatic heterocycles. The van der Waals surface area contributed by atoms with Crippen LogP contribution < -0.4 is 0 Å². The van der Waals surface area contributed by atoms with Crippen molar-refractivity contribution in [1.29, 1.82) is 0 Å². The highest BCUT2D eigenvalue weighted by atomic mass is 16.2. The van der Waals surface area contributed by atoms with E-state index in [1.165, 1.54) is 5.56 Å². The fourth-order valence-corrected chi connectivity index (χ4v) is 2.70. The lowest BCUT2D eigenvalue weighted by atomic mass is 10.1. The molecule has 5 nitrogen and oxygen atoms in total. The summed E-state index contributed by atoms with van der Waals surface area (Å²) in [4.78, 5) is 14.2. The second-order valence-corrected chi connectivity index (χ2v) is 5.33. The van der Waals surface area contributed by atoms with Gasteiger partial charge in [-0.2, -0.15) is 0 Å². The molecule has 0 N–H and O–H groups in total. The first-order valence-electron chi connectivity index (χ1n) is 6.91. The molecule has 0 spiro atoms. The zero-order valence-corrected chi connectivity index (χ0v) is 11.6. The lowest BCUT2D eigenvalue weighted by molar-refractivity contribution is -0.129. The van der Waals surface area contributed by atoms with Gasteiger partial charge >= 0.3 is 0 Å². The predicted octanol–water partition coefficient (Wildman–Crippen LogP) is 1.60. The van der Waals surface area contributed by atoms with Crippen LogP contribution in [0.15, 0.2) is 36.7 Å². The standard InChI is InChI=1S/C15H18N4O/c1-12-3-2-4-13(9-12)10-15(20)18-7-5-14(11-18)19-8-6-16-17-19/h2-4,6,8-9,14H,5,7,10-11H2,1H3/t14-/m0/s1. The van der Waals surface area contributed by atoms with Crippen molar-refractivity contribution in [2.45, 2.75) is 25.8 Å². The van der Waals surface area contributed by atoms with Crippen molar-refractivity contribution in [1.82, 2.24) is 19.9 Å². The fraction of sp³-hybridized carbons (Fsp3) is 0.400. The Morgan fingerprint density at radius 2 is 2.35 bits per heavy atom. The molecule has 1 atom stereocenters. The van der Waals surface area contributed by atoms with Gasteiger partial charge in [0.05, 0.1) is 18.7 Å². The van der Waals surface area contributed by atoms with E-state index in [2.05, 4.69) is 16.4 Å². The third kappa shape index (κ3) is 2.71. The van der Waals surface area contributed by atoms with Gasteiger partial charge in [0, 0.05) is 19.3 Å². The monoisotopic (exact) mass is 270 g/mol. The molecule has 5 heteroatoms. The van der Waals surface area contributed by atoms with Crippen LogP contribution in [-0.2, 0) is 11.2 Å². The molecule has 2 heterocycles. The van der Waals surface area contributed by atoms with Gasteiger partial charge in [0.2, 0.25) is 5.91 Å². The Labute approximate surface area is 118 Å². The molecule has 0 aliphatic carbocycles. The summed E-state index contributed by atoms with van der Waals surface area (Å²) in [6, 6.07) is 8.39. The molecule has 1 aliphatic rings. The molecule has 2 aromatic rings. The maximum atomic E-state index is 12.3. The number of nitrogens with zero attached hydrogens (tertiary/aromatic N) is 4. The highest BCUT2D eigenvalue weighted by molar-refractivity contribution is 5.79. The Hall–Kier alpha value is -2.17. The lowest BCUT2D eigenvalue weighted by Gasteiger charge is -2.16. The smallest absolute Gasteiger partial charge is 0.227 e. The second-order valence-electron chi connectivity index (χ2n) is 5.33. The summed E-state index contributed by atoms with van der Waals surface area (Å²) >= 11 is 0. The van der Waals surface area contributed by atoms with Crippen LogP contribution in [-0.4, -0.2) is 38.9 Å². The Bertz CT molecular complexity index is 594. The van der Waals surface area contributed by atoms with Crippen molar-refractivity contribution in [3.8, 4) is 0 Å². The van der Waals surface area contributed by atoms with Gasteiger partial charge in [-0.3, -0.25) is 4.79 Å². The van der Waals surface area contributed by atoms with Crippen molar-refractivity contribution in [3.05, 3.63) is 47.8 Å². The molecule has 3 rings (SSSR count). The predicted molar refractivity (Wildman–Crippen MR) is 75.1 cm³/mol. The minimum absolute atomic E-state index is 0.193. The molecule has 0 unspecified atom stereocenters. The fourth-order valence-electron chi connectivity index (χ4n) is 2.70. The van der Waals surface area contributed by atoms with Crippen LogP contribution in [0.2, 0.25) is 0 Å². The van der Waals surface area contributed by atoms with Gasteiger partial charge in [0.1, 0.15) is 0 Å². The largest absolute Gasteiger partial charge is 0.340 e. The summed E-state index contributed by atoms with van der Waals surface area (Å²) in [6.45, 7) is 3.58. The number of hydrogen-bond acceptors (Lipinski definition) is 3. The summed E-state index contributed by atoms with van der Waals surface area (Å²) in [5, 5.41) is 7.84. The molecular formula is C15H18N4O. The van der Waals surface area contributed by atoms with Gasteiger partial charge in [-0.1, -0.05) is 35.0 Å². The molecule has 1 saturated heterocycles. The number of likely N-dealkylation sites (tertiary alicyclic amines) is 1. The molecule has 0 radical (unpaired) electrons. The summed E-state index contributed by atoms with van der Waals surface area (Å²) in [5.41, 5.74) is 2.27. The van der Waals surface area contributed by atoms with E-state index in [1.807, 2.05) is 40.9 Å². The topological polar surface area (TPSA) is 51.0 Å². The van der Waals surface area contributed by atoms with E-state index in [-0.39, 0.29) is 11.9 Å². The van der Waals surface area contributed by atoms with E-state index in [9.17, 15) is 4.79 Å². The normalized spacial score (nSPS) is 18.4. The molecule has 1 aliphatic heterocycles. The highest BCUT2D eigenvalue weighted by Crippen LogP contribution is 2.21. The Morgan fingerprint density at radius 1 is 1.45 bits per heavy atom. The van der Waals surface area contributed by atoms with Crippen LogP contribution in [0.4, 0.5) is 0 Å². The molecule has 1 amide bonds. The first-order chi connectivity index (χ1) is 9.72. The van der Waals surface area contributed by atoms with Crippen LogP contribution in [0.1, 0.15) is 23.6 Å². The minimum atomic E-state index is 0.193. The zero-order chi connectivity index (χ0) is 13.9. The van der Waals surface area contributed by atoms with E-state index >= 15 is 0 Å². The van der Waals surface area contributed by atoms with Gasteiger partial charge in [-0.25, -0.2) is 4.68 Å². The average Bonchev–Trinajstić information content (AvgIpc) is 3.10. The molecule has 20 heavy (non-hydrogen) atoms. The van der Waals surface area contributed by atoms with Gasteiger partial charge in [-0.05, 0) is 18.9 Å². The summed E-state index contributed by atoms with van der Waals surface area (Å²) in [5.74, 6) is 0.193. The van der Waals surface area contributed by atoms with Gasteiger partial charge in [-0.15, -0.1) is 5.10 Å². The lowest BCUT2D eigenvalue weighted by Crippen LogP contribution is -2.30. The van der Waals surface area contributed by atoms with Crippen LogP contribution >= 0.6 is 0 Å². The third-order valence-corrected chi connectivity index (χ3v) is 3.77. The van der Waals surface area contributed by atoms with Gasteiger partial charge < -0.3 is 4.90 Å². The van der Waals surface area contributed by atoms with Crippen molar-refractivity contribution in [2.24, 2.45) is 0 Å². The number of hydrogen-bond donors (Lipinski definition) is 0. The van der Waals surface area contributed by atoms with Gasteiger partial charge in [0.25, 0.3) is 0 Å². The third-order valence-electron chi connectivity index (χ3n) is 3.77. The number of rotatable bonds is 3. The number of aryl methyl sites for hydroxylation is 1. The Kier molecular flexibility index (Phi) is 3.50. The minimum Gasteiger partial charge on any atom is -0.340 e. The maximum absolute atomic E-state index is 12.3. The van der Waals surface area contributed by atoms with E-state index in [1.54, 1.807) is 6.20 Å². The molecule has 104 valence electrons. The molecule has 0 saturated carbocycles. The quantitative estimate of drug-likeness (QED) is 0.851. The zero-order valence-electron chi connectivity index (χ0n) is 11.6. The molecule has 0 bridgehead atoms. The van der Waals surface area contributed by atoms with E-state index in [4.69, 9.17) is 0 Å². The number of carbonyl (C=O) groups excluding carboxylic acids is 1. The summed E-state index contributed by atoms with van der Waals surface area (Å²) in [7, 11) is 0. The van der Waals surface area contributed by atoms with E-state index in [0.29, 0.717) is 6.42 Å². The number of benzene rings is 1. The molecule has 1 aromatic carbocycles. The van der Waals surface area contributed by atoms with E-state index < -0.39 is 0 Å². The average molecular weight is 270 g/mol. The first kappa shape index (κ1) is 12.8. The summed E-state index contributed by atoms with van der Waals surface area (Å²) < 4.78 is 1.85. The molecule has 1 fully saturated rings. The van der Waals surface area contributed by atoms with Crippen LogP contribution in [0.5, 0.6) is 0 Å².